The summed E-state index contributed by atoms with van der Waals surface area (Å²) in [5.74, 6) is -1.89. The Morgan fingerprint density at radius 1 is 1.29 bits per heavy atom. The molecular formula is C14H17F2N3O2. The number of halogens is 2. The fourth-order valence-electron chi connectivity index (χ4n) is 3.50. The van der Waals surface area contributed by atoms with E-state index >= 15 is 0 Å². The van der Waals surface area contributed by atoms with Crippen LogP contribution in [0.5, 0.6) is 0 Å². The first-order chi connectivity index (χ1) is 10.1. The van der Waals surface area contributed by atoms with Gasteiger partial charge in [0.1, 0.15) is 11.5 Å². The van der Waals surface area contributed by atoms with Gasteiger partial charge in [-0.1, -0.05) is 0 Å². The number of nitrogens with zero attached hydrogens (tertiary/aromatic N) is 2. The summed E-state index contributed by atoms with van der Waals surface area (Å²) >= 11 is 0. The minimum Gasteiger partial charge on any atom is -0.361 e. The molecule has 5 nitrogen and oxygen atoms in total. The summed E-state index contributed by atoms with van der Waals surface area (Å²) in [7, 11) is 0. The Balaban J connectivity index is 2.00. The maximum atomic E-state index is 13.8. The van der Waals surface area contributed by atoms with Gasteiger partial charge in [0.05, 0.1) is 4.92 Å². The molecule has 1 aromatic rings. The van der Waals surface area contributed by atoms with Crippen LogP contribution in [0.3, 0.4) is 0 Å². The van der Waals surface area contributed by atoms with Crippen LogP contribution in [0.4, 0.5) is 20.2 Å². The first kappa shape index (κ1) is 14.2. The van der Waals surface area contributed by atoms with E-state index in [1.54, 1.807) is 4.90 Å². The van der Waals surface area contributed by atoms with Crippen LogP contribution in [-0.2, 0) is 0 Å². The molecule has 7 heteroatoms. The predicted molar refractivity (Wildman–Crippen MR) is 74.4 cm³/mol. The van der Waals surface area contributed by atoms with Crippen LogP contribution in [0.25, 0.3) is 0 Å². The second-order valence-corrected chi connectivity index (χ2v) is 5.62. The summed E-state index contributed by atoms with van der Waals surface area (Å²) in [6, 6.07) is 1.94. The van der Waals surface area contributed by atoms with Crippen LogP contribution in [-0.4, -0.2) is 30.1 Å². The van der Waals surface area contributed by atoms with E-state index in [2.05, 4.69) is 5.32 Å². The lowest BCUT2D eigenvalue weighted by atomic mass is 10.0. The summed E-state index contributed by atoms with van der Waals surface area (Å²) in [6.07, 6.45) is 3.81. The maximum absolute atomic E-state index is 13.8. The van der Waals surface area contributed by atoms with E-state index in [1.807, 2.05) is 0 Å². The number of hydrogen-bond acceptors (Lipinski definition) is 4. The van der Waals surface area contributed by atoms with Gasteiger partial charge in [0.2, 0.25) is 5.82 Å². The Labute approximate surface area is 121 Å². The molecule has 0 spiro atoms. The number of hydrogen-bond donors (Lipinski definition) is 1. The first-order valence-corrected chi connectivity index (χ1v) is 7.21. The van der Waals surface area contributed by atoms with Crippen LogP contribution in [0.15, 0.2) is 12.1 Å². The van der Waals surface area contributed by atoms with Crippen molar-refractivity contribution in [3.05, 3.63) is 33.9 Å². The Morgan fingerprint density at radius 2 is 2.10 bits per heavy atom. The molecule has 2 unspecified atom stereocenters. The van der Waals surface area contributed by atoms with Gasteiger partial charge in [-0.25, -0.2) is 4.39 Å². The Bertz CT molecular complexity index is 561. The fraction of sp³-hybridized carbons (Fsp3) is 0.571. The van der Waals surface area contributed by atoms with Crippen molar-refractivity contribution in [1.82, 2.24) is 5.32 Å². The van der Waals surface area contributed by atoms with Gasteiger partial charge >= 0.3 is 5.69 Å². The highest BCUT2D eigenvalue weighted by Gasteiger charge is 2.37. The van der Waals surface area contributed by atoms with Crippen LogP contribution >= 0.6 is 0 Å². The smallest absolute Gasteiger partial charge is 0.328 e. The van der Waals surface area contributed by atoms with Crippen LogP contribution in [0.2, 0.25) is 0 Å². The fourth-order valence-corrected chi connectivity index (χ4v) is 3.50. The molecule has 2 fully saturated rings. The minimum atomic E-state index is -1.11. The molecule has 1 N–H and O–H groups in total. The second kappa shape index (κ2) is 5.55. The van der Waals surface area contributed by atoms with E-state index in [-0.39, 0.29) is 17.8 Å². The van der Waals surface area contributed by atoms with E-state index in [1.165, 1.54) is 0 Å². The molecule has 2 atom stereocenters. The lowest BCUT2D eigenvalue weighted by Crippen LogP contribution is -2.44. The molecule has 0 saturated carbocycles. The number of benzene rings is 1. The monoisotopic (exact) mass is 297 g/mol. The van der Waals surface area contributed by atoms with Gasteiger partial charge in [0.15, 0.2) is 0 Å². The average Bonchev–Trinajstić information content (AvgIpc) is 3.08. The zero-order chi connectivity index (χ0) is 15.0. The van der Waals surface area contributed by atoms with Crippen LogP contribution < -0.4 is 10.2 Å². The van der Waals surface area contributed by atoms with Crippen molar-refractivity contribution in [3.8, 4) is 0 Å². The molecule has 2 saturated heterocycles. The molecule has 0 radical (unpaired) electrons. The molecule has 21 heavy (non-hydrogen) atoms. The SMILES string of the molecule is O=[N+]([O-])c1c(F)cc(F)cc1N1CCCC1C1CCCN1. The highest BCUT2D eigenvalue weighted by Crippen LogP contribution is 2.38. The van der Waals surface area contributed by atoms with E-state index in [0.29, 0.717) is 12.6 Å². The largest absolute Gasteiger partial charge is 0.361 e. The summed E-state index contributed by atoms with van der Waals surface area (Å²) in [5.41, 5.74) is -0.560. The van der Waals surface area contributed by atoms with Crippen molar-refractivity contribution in [3.63, 3.8) is 0 Å². The molecule has 0 bridgehead atoms. The van der Waals surface area contributed by atoms with E-state index in [9.17, 15) is 18.9 Å². The third kappa shape index (κ3) is 2.57. The quantitative estimate of drug-likeness (QED) is 0.688. The molecular weight excluding hydrogens is 280 g/mol. The van der Waals surface area contributed by atoms with Gasteiger partial charge in [0.25, 0.3) is 0 Å². The van der Waals surface area contributed by atoms with Gasteiger partial charge in [-0.05, 0) is 32.2 Å². The zero-order valence-electron chi connectivity index (χ0n) is 11.5. The zero-order valence-corrected chi connectivity index (χ0v) is 11.5. The van der Waals surface area contributed by atoms with Crippen molar-refractivity contribution in [2.45, 2.75) is 37.8 Å². The lowest BCUT2D eigenvalue weighted by Gasteiger charge is -2.31. The predicted octanol–water partition coefficient (Wildman–Crippen LogP) is 2.59. The Kier molecular flexibility index (Phi) is 3.75. The van der Waals surface area contributed by atoms with Gasteiger partial charge in [0, 0.05) is 30.8 Å². The van der Waals surface area contributed by atoms with E-state index in [0.717, 1.165) is 38.3 Å². The summed E-state index contributed by atoms with van der Waals surface area (Å²) in [4.78, 5) is 12.2. The topological polar surface area (TPSA) is 58.4 Å². The minimum absolute atomic E-state index is 0.0624. The third-order valence-electron chi connectivity index (χ3n) is 4.36. The summed E-state index contributed by atoms with van der Waals surface area (Å²) in [6.45, 7) is 1.52. The number of rotatable bonds is 3. The van der Waals surface area contributed by atoms with Crippen molar-refractivity contribution >= 4 is 11.4 Å². The maximum Gasteiger partial charge on any atom is 0.328 e. The van der Waals surface area contributed by atoms with Gasteiger partial charge in [-0.2, -0.15) is 4.39 Å². The van der Waals surface area contributed by atoms with E-state index in [4.69, 9.17) is 0 Å². The number of nitro benzene ring substituents is 1. The molecule has 1 aromatic carbocycles. The molecule has 0 aromatic heterocycles. The van der Waals surface area contributed by atoms with Gasteiger partial charge in [-0.3, -0.25) is 10.1 Å². The van der Waals surface area contributed by atoms with Crippen LogP contribution in [0, 0.1) is 21.7 Å². The molecule has 114 valence electrons. The van der Waals surface area contributed by atoms with Gasteiger partial charge < -0.3 is 10.2 Å². The van der Waals surface area contributed by atoms with E-state index < -0.39 is 22.2 Å². The normalized spacial score (nSPS) is 25.5. The third-order valence-corrected chi connectivity index (χ3v) is 4.36. The number of anilines is 1. The number of nitrogens with one attached hydrogen (secondary N) is 1. The van der Waals surface area contributed by atoms with Crippen molar-refractivity contribution in [2.24, 2.45) is 0 Å². The molecule has 2 heterocycles. The highest BCUT2D eigenvalue weighted by atomic mass is 19.1. The molecule has 0 amide bonds. The number of nitro groups is 1. The first-order valence-electron chi connectivity index (χ1n) is 7.21. The molecule has 3 rings (SSSR count). The van der Waals surface area contributed by atoms with Crippen molar-refractivity contribution < 1.29 is 13.7 Å². The Hall–Kier alpha value is -1.76. The average molecular weight is 297 g/mol. The summed E-state index contributed by atoms with van der Waals surface area (Å²) < 4.78 is 27.3. The molecule has 0 aliphatic carbocycles. The van der Waals surface area contributed by atoms with Crippen LogP contribution in [0.1, 0.15) is 25.7 Å². The van der Waals surface area contributed by atoms with Crippen molar-refractivity contribution in [2.75, 3.05) is 18.0 Å². The van der Waals surface area contributed by atoms with Crippen molar-refractivity contribution in [1.29, 1.82) is 0 Å². The second-order valence-electron chi connectivity index (χ2n) is 5.62. The van der Waals surface area contributed by atoms with Gasteiger partial charge in [-0.15, -0.1) is 0 Å². The standard InChI is InChI=1S/C14H17F2N3O2/c15-9-7-10(16)14(19(20)21)13(8-9)18-6-2-4-12(18)11-3-1-5-17-11/h7-8,11-12,17H,1-6H2. The lowest BCUT2D eigenvalue weighted by molar-refractivity contribution is -0.386. The summed E-state index contributed by atoms with van der Waals surface area (Å²) in [5, 5.41) is 14.5. The molecule has 2 aliphatic rings. The molecule has 2 aliphatic heterocycles. The highest BCUT2D eigenvalue weighted by molar-refractivity contribution is 5.65. The Morgan fingerprint density at radius 3 is 2.76 bits per heavy atom.